The van der Waals surface area contributed by atoms with Crippen molar-refractivity contribution in [1.29, 1.82) is 0 Å². The molecule has 0 aliphatic carbocycles. The molecule has 2 unspecified atom stereocenters. The van der Waals surface area contributed by atoms with Gasteiger partial charge in [0.05, 0.1) is 24.5 Å². The lowest BCUT2D eigenvalue weighted by Gasteiger charge is -2.13. The standard InChI is InChI=1S/C12H13N5O2/c13-16-14-7-11(18)12(19)9-6-15-17(8-9)10-4-2-1-3-5-10/h1-6,8,11-12,18-19H,7H2. The molecule has 1 heterocycles. The second-order valence-corrected chi connectivity index (χ2v) is 3.98. The van der Waals surface area contributed by atoms with Gasteiger partial charge in [-0.05, 0) is 17.7 Å². The number of aliphatic hydroxyl groups excluding tert-OH is 2. The molecule has 0 fully saturated rings. The highest BCUT2D eigenvalue weighted by Crippen LogP contribution is 2.18. The molecule has 7 heteroatoms. The molecule has 0 saturated heterocycles. The van der Waals surface area contributed by atoms with Crippen molar-refractivity contribution in [2.24, 2.45) is 5.11 Å². The van der Waals surface area contributed by atoms with Crippen molar-refractivity contribution in [3.63, 3.8) is 0 Å². The third kappa shape index (κ3) is 3.11. The van der Waals surface area contributed by atoms with Crippen LogP contribution in [0.3, 0.4) is 0 Å². The van der Waals surface area contributed by atoms with E-state index in [2.05, 4.69) is 15.1 Å². The average molecular weight is 259 g/mol. The third-order valence-electron chi connectivity index (χ3n) is 2.66. The number of azide groups is 1. The fourth-order valence-corrected chi connectivity index (χ4v) is 1.65. The van der Waals surface area contributed by atoms with E-state index >= 15 is 0 Å². The Morgan fingerprint density at radius 3 is 2.74 bits per heavy atom. The Morgan fingerprint density at radius 2 is 2.05 bits per heavy atom. The smallest absolute Gasteiger partial charge is 0.108 e. The van der Waals surface area contributed by atoms with Crippen LogP contribution in [-0.4, -0.2) is 32.6 Å². The van der Waals surface area contributed by atoms with E-state index in [0.29, 0.717) is 5.56 Å². The minimum Gasteiger partial charge on any atom is -0.390 e. The van der Waals surface area contributed by atoms with Crippen LogP contribution in [0.5, 0.6) is 0 Å². The van der Waals surface area contributed by atoms with Gasteiger partial charge in [-0.1, -0.05) is 23.3 Å². The molecule has 2 aromatic rings. The number of aromatic nitrogens is 2. The Hall–Kier alpha value is -2.34. The second kappa shape index (κ2) is 6.01. The molecule has 2 N–H and O–H groups in total. The minimum absolute atomic E-state index is 0.186. The maximum atomic E-state index is 9.89. The van der Waals surface area contributed by atoms with E-state index in [0.717, 1.165) is 5.69 Å². The number of hydrogen-bond donors (Lipinski definition) is 2. The SMILES string of the molecule is [N-]=[N+]=NCC(O)C(O)c1cnn(-c2ccccc2)c1. The second-order valence-electron chi connectivity index (χ2n) is 3.98. The van der Waals surface area contributed by atoms with E-state index in [9.17, 15) is 10.2 Å². The van der Waals surface area contributed by atoms with Gasteiger partial charge in [-0.15, -0.1) is 0 Å². The summed E-state index contributed by atoms with van der Waals surface area (Å²) >= 11 is 0. The molecule has 0 saturated carbocycles. The molecule has 1 aromatic carbocycles. The van der Waals surface area contributed by atoms with E-state index in [1.54, 1.807) is 10.9 Å². The van der Waals surface area contributed by atoms with Crippen molar-refractivity contribution in [1.82, 2.24) is 9.78 Å². The summed E-state index contributed by atoms with van der Waals surface area (Å²) in [7, 11) is 0. The Balaban J connectivity index is 2.15. The van der Waals surface area contributed by atoms with Gasteiger partial charge < -0.3 is 10.2 Å². The van der Waals surface area contributed by atoms with E-state index < -0.39 is 12.2 Å². The van der Waals surface area contributed by atoms with Gasteiger partial charge in [0.2, 0.25) is 0 Å². The lowest BCUT2D eigenvalue weighted by Crippen LogP contribution is -2.20. The van der Waals surface area contributed by atoms with Crippen LogP contribution in [0.15, 0.2) is 47.8 Å². The number of nitrogens with zero attached hydrogens (tertiary/aromatic N) is 5. The summed E-state index contributed by atoms with van der Waals surface area (Å²) in [5, 5.41) is 26.9. The third-order valence-corrected chi connectivity index (χ3v) is 2.66. The molecule has 0 amide bonds. The lowest BCUT2D eigenvalue weighted by atomic mass is 10.1. The van der Waals surface area contributed by atoms with Crippen LogP contribution in [-0.2, 0) is 0 Å². The highest BCUT2D eigenvalue weighted by Gasteiger charge is 2.19. The molecule has 98 valence electrons. The minimum atomic E-state index is -1.15. The maximum absolute atomic E-state index is 9.89. The topological polar surface area (TPSA) is 107 Å². The van der Waals surface area contributed by atoms with Crippen molar-refractivity contribution in [3.8, 4) is 5.69 Å². The summed E-state index contributed by atoms with van der Waals surface area (Å²) in [4.78, 5) is 2.54. The van der Waals surface area contributed by atoms with Gasteiger partial charge in [0.15, 0.2) is 0 Å². The van der Waals surface area contributed by atoms with Gasteiger partial charge in [-0.2, -0.15) is 5.10 Å². The summed E-state index contributed by atoms with van der Waals surface area (Å²) in [5.41, 5.74) is 9.48. The summed E-state index contributed by atoms with van der Waals surface area (Å²) in [6.07, 6.45) is 0.809. The quantitative estimate of drug-likeness (QED) is 0.483. The van der Waals surface area contributed by atoms with Crippen molar-refractivity contribution in [2.75, 3.05) is 6.54 Å². The molecular weight excluding hydrogens is 246 g/mol. The number of aliphatic hydroxyl groups is 2. The normalized spacial score (nSPS) is 13.6. The van der Waals surface area contributed by atoms with Crippen LogP contribution in [0.25, 0.3) is 16.1 Å². The van der Waals surface area contributed by atoms with E-state index in [1.165, 1.54) is 6.20 Å². The van der Waals surface area contributed by atoms with Crippen LogP contribution in [0.1, 0.15) is 11.7 Å². The summed E-state index contributed by atoms with van der Waals surface area (Å²) < 4.78 is 1.60. The zero-order chi connectivity index (χ0) is 13.7. The highest BCUT2D eigenvalue weighted by atomic mass is 16.3. The first-order valence-electron chi connectivity index (χ1n) is 5.69. The number of para-hydroxylation sites is 1. The van der Waals surface area contributed by atoms with Gasteiger partial charge in [0.1, 0.15) is 6.10 Å². The van der Waals surface area contributed by atoms with Gasteiger partial charge in [-0.3, -0.25) is 0 Å². The molecule has 0 spiro atoms. The summed E-state index contributed by atoms with van der Waals surface area (Å²) in [5.74, 6) is 0. The van der Waals surface area contributed by atoms with Gasteiger partial charge in [0.25, 0.3) is 0 Å². The first kappa shape index (κ1) is 13.1. The van der Waals surface area contributed by atoms with Crippen LogP contribution >= 0.6 is 0 Å². The highest BCUT2D eigenvalue weighted by molar-refractivity contribution is 5.31. The fraction of sp³-hybridized carbons (Fsp3) is 0.250. The molecule has 2 rings (SSSR count). The van der Waals surface area contributed by atoms with Crippen molar-refractivity contribution >= 4 is 0 Å². The van der Waals surface area contributed by atoms with Crippen LogP contribution in [0.4, 0.5) is 0 Å². The van der Waals surface area contributed by atoms with Crippen LogP contribution in [0.2, 0.25) is 0 Å². The average Bonchev–Trinajstić information content (AvgIpc) is 2.94. The molecule has 7 nitrogen and oxygen atoms in total. The molecule has 2 atom stereocenters. The first-order chi connectivity index (χ1) is 9.22. The monoisotopic (exact) mass is 259 g/mol. The largest absolute Gasteiger partial charge is 0.390 e. The number of hydrogen-bond acceptors (Lipinski definition) is 4. The Kier molecular flexibility index (Phi) is 4.15. The zero-order valence-electron chi connectivity index (χ0n) is 10.0. The predicted octanol–water partition coefficient (Wildman–Crippen LogP) is 1.58. The van der Waals surface area contributed by atoms with Gasteiger partial charge in [-0.25, -0.2) is 4.68 Å². The van der Waals surface area contributed by atoms with Crippen LogP contribution in [0, 0.1) is 0 Å². The summed E-state index contributed by atoms with van der Waals surface area (Å²) in [6.45, 7) is -0.186. The van der Waals surface area contributed by atoms with E-state index in [-0.39, 0.29) is 6.54 Å². The maximum Gasteiger partial charge on any atom is 0.108 e. The first-order valence-corrected chi connectivity index (χ1v) is 5.69. The Bertz CT molecular complexity index is 577. The molecule has 0 aliphatic rings. The van der Waals surface area contributed by atoms with Crippen LogP contribution < -0.4 is 0 Å². The van der Waals surface area contributed by atoms with Gasteiger partial charge >= 0.3 is 0 Å². The summed E-state index contributed by atoms with van der Waals surface area (Å²) in [6, 6.07) is 9.40. The predicted molar refractivity (Wildman–Crippen MR) is 68.5 cm³/mol. The molecular formula is C12H13N5O2. The van der Waals surface area contributed by atoms with Crippen molar-refractivity contribution in [2.45, 2.75) is 12.2 Å². The van der Waals surface area contributed by atoms with Crippen molar-refractivity contribution in [3.05, 3.63) is 58.7 Å². The zero-order valence-corrected chi connectivity index (χ0v) is 10.0. The number of rotatable bonds is 5. The lowest BCUT2D eigenvalue weighted by molar-refractivity contribution is 0.0244. The van der Waals surface area contributed by atoms with E-state index in [4.69, 9.17) is 5.53 Å². The fourth-order valence-electron chi connectivity index (χ4n) is 1.65. The van der Waals surface area contributed by atoms with E-state index in [1.807, 2.05) is 30.3 Å². The molecule has 0 bridgehead atoms. The molecule has 0 aliphatic heterocycles. The molecule has 0 radical (unpaired) electrons. The van der Waals surface area contributed by atoms with Crippen molar-refractivity contribution < 1.29 is 10.2 Å². The molecule has 19 heavy (non-hydrogen) atoms. The van der Waals surface area contributed by atoms with Gasteiger partial charge in [0, 0.05) is 16.7 Å². The Labute approximate surface area is 109 Å². The number of benzene rings is 1. The Morgan fingerprint density at radius 1 is 1.32 bits per heavy atom. The molecule has 1 aromatic heterocycles.